The molecule has 0 radical (unpaired) electrons. The number of carbonyl (C=O) groups is 2. The normalized spacial score (nSPS) is 16.8. The van der Waals surface area contributed by atoms with Gasteiger partial charge < -0.3 is 59.1 Å². The van der Waals surface area contributed by atoms with Gasteiger partial charge in [-0.15, -0.1) is 0 Å². The van der Waals surface area contributed by atoms with Gasteiger partial charge in [0.25, 0.3) is 11.8 Å². The monoisotopic (exact) mass is 1200 g/mol. The van der Waals surface area contributed by atoms with E-state index < -0.39 is 44.1 Å². The van der Waals surface area contributed by atoms with Crippen LogP contribution in [0.4, 0.5) is 0 Å². The molecule has 20 nitrogen and oxygen atoms in total. The van der Waals surface area contributed by atoms with Crippen molar-refractivity contribution in [3.8, 4) is 0 Å². The van der Waals surface area contributed by atoms with E-state index in [4.69, 9.17) is 74.8 Å². The highest BCUT2D eigenvalue weighted by Crippen LogP contribution is 2.40. The zero-order valence-electron chi connectivity index (χ0n) is 43.4. The number of halogens is 4. The molecule has 2 aliphatic heterocycles. The number of hydrogen-bond donors (Lipinski definition) is 6. The average Bonchev–Trinajstić information content (AvgIpc) is 3.47. The summed E-state index contributed by atoms with van der Waals surface area (Å²) in [6.45, 7) is 5.06. The van der Waals surface area contributed by atoms with E-state index >= 15 is 0 Å². The number of likely N-dealkylation sites (N-methyl/N-ethyl adjacent to an activating group) is 2. The number of aliphatic hydroxyl groups excluding tert-OH is 2. The summed E-state index contributed by atoms with van der Waals surface area (Å²) in [5, 5.41) is 27.4. The summed E-state index contributed by atoms with van der Waals surface area (Å²) in [4.78, 5) is 29.1. The first-order chi connectivity index (χ1) is 37.3. The summed E-state index contributed by atoms with van der Waals surface area (Å²) < 4.78 is 89.4. The Hall–Kier alpha value is -3.60. The first kappa shape index (κ1) is 63.6. The maximum atomic E-state index is 12.9. The van der Waals surface area contributed by atoms with Crippen LogP contribution in [0.25, 0.3) is 0 Å². The van der Waals surface area contributed by atoms with Crippen molar-refractivity contribution in [1.29, 1.82) is 0 Å². The third-order valence-electron chi connectivity index (χ3n) is 12.7. The molecule has 0 aromatic heterocycles. The lowest BCUT2D eigenvalue weighted by Gasteiger charge is -2.33. The summed E-state index contributed by atoms with van der Waals surface area (Å²) in [6, 6.07) is 20.9. The number of aliphatic hydroxyl groups is 2. The Morgan fingerprint density at radius 2 is 0.821 bits per heavy atom. The topological polar surface area (TPSA) is 253 Å². The van der Waals surface area contributed by atoms with Gasteiger partial charge in [0, 0.05) is 84.3 Å². The minimum atomic E-state index is -3.77. The van der Waals surface area contributed by atoms with E-state index in [1.807, 2.05) is 50.5 Å². The first-order valence-electron chi connectivity index (χ1n) is 25.2. The number of amides is 2. The highest BCUT2D eigenvalue weighted by Gasteiger charge is 2.31. The van der Waals surface area contributed by atoms with Crippen LogP contribution < -0.4 is 20.1 Å². The van der Waals surface area contributed by atoms with Crippen LogP contribution in [0.1, 0.15) is 45.2 Å². The molecule has 6 N–H and O–H groups in total. The summed E-state index contributed by atoms with van der Waals surface area (Å²) >= 11 is 25.6. The van der Waals surface area contributed by atoms with E-state index in [0.717, 1.165) is 46.5 Å². The molecule has 6 rings (SSSR count). The molecule has 0 saturated carbocycles. The van der Waals surface area contributed by atoms with Gasteiger partial charge in [-0.05, 0) is 96.0 Å². The predicted octanol–water partition coefficient (Wildman–Crippen LogP) is 3.77. The zero-order valence-corrected chi connectivity index (χ0v) is 48.1. The van der Waals surface area contributed by atoms with Gasteiger partial charge in [-0.2, -0.15) is 0 Å². The van der Waals surface area contributed by atoms with Crippen LogP contribution in [0.5, 0.6) is 0 Å². The van der Waals surface area contributed by atoms with Crippen molar-refractivity contribution < 1.29 is 65.1 Å². The number of carbonyl (C=O) groups excluding carboxylic acids is 2. The molecule has 0 aliphatic carbocycles. The van der Waals surface area contributed by atoms with Crippen molar-refractivity contribution in [2.45, 2.75) is 46.9 Å². The van der Waals surface area contributed by atoms with Gasteiger partial charge in [-0.25, -0.2) is 26.3 Å². The van der Waals surface area contributed by atoms with Crippen LogP contribution >= 0.6 is 46.4 Å². The Bertz CT molecular complexity index is 2620. The molecule has 0 spiro atoms. The number of sulfonamides is 2. The molecule has 2 heterocycles. The zero-order chi connectivity index (χ0) is 56.2. The van der Waals surface area contributed by atoms with Crippen LogP contribution in [-0.4, -0.2) is 194 Å². The summed E-state index contributed by atoms with van der Waals surface area (Å²) in [6.07, 6.45) is -4.04. The van der Waals surface area contributed by atoms with Crippen LogP contribution in [0.3, 0.4) is 0 Å². The third kappa shape index (κ3) is 19.3. The number of fused-ring (bicyclic) bond motifs is 2. The van der Waals surface area contributed by atoms with Crippen molar-refractivity contribution in [2.24, 2.45) is 0 Å². The van der Waals surface area contributed by atoms with E-state index in [2.05, 4.69) is 29.9 Å². The fraction of sp³-hybridized carbons (Fsp3) is 0.500. The third-order valence-corrected chi connectivity index (χ3v) is 16.7. The second kappa shape index (κ2) is 31.6. The van der Waals surface area contributed by atoms with E-state index in [1.165, 1.54) is 0 Å². The van der Waals surface area contributed by atoms with Gasteiger partial charge in [0.05, 0.1) is 89.1 Å². The van der Waals surface area contributed by atoms with Crippen LogP contribution in [-0.2, 0) is 71.1 Å². The molecule has 2 aliphatic rings. The van der Waals surface area contributed by atoms with Gasteiger partial charge in [0.2, 0.25) is 20.0 Å². The molecule has 4 atom stereocenters. The maximum Gasteiger partial charge on any atom is 0.252 e. The highest BCUT2D eigenvalue weighted by molar-refractivity contribution is 7.89. The van der Waals surface area contributed by atoms with Gasteiger partial charge in [0.1, 0.15) is 0 Å². The molecular formula is C52H68Cl4N6O14S2. The average molecular weight is 1210 g/mol. The molecule has 4 aromatic carbocycles. The fourth-order valence-corrected chi connectivity index (χ4v) is 11.9. The minimum absolute atomic E-state index is 0.00588. The Labute approximate surface area is 476 Å². The summed E-state index contributed by atoms with van der Waals surface area (Å²) in [5.74, 6) is -1.96. The van der Waals surface area contributed by atoms with Crippen LogP contribution in [0.15, 0.2) is 82.6 Å². The van der Waals surface area contributed by atoms with Crippen molar-refractivity contribution in [1.82, 2.24) is 29.9 Å². The largest absolute Gasteiger partial charge is 0.380 e. The van der Waals surface area contributed by atoms with Crippen molar-refractivity contribution >= 4 is 78.3 Å². The van der Waals surface area contributed by atoms with Gasteiger partial charge in [0.15, 0.2) is 12.2 Å². The standard InChI is InChI=1S/C52H68Cl4N6O14S2/c1-61-31-43(41-27-37(53)29-47(55)45(41)33-61)35-3-7-39(8-4-35)77(67,68)59-13-17-73-21-25-75-23-19-71-15-11-57-51(65)49(63)50(64)52(66)58-12-16-72-20-24-76-26-22-74-18-14-60-78(69,70)40-9-5-36(6-10-40)44-32-62(2)34-46-42(44)28-38(54)30-48(46)56/h3-10,27-30,43-44,49-50,59-60,63-64H,11-26,31-34H2,1-2H3,(H,57,65)(H,58,66)/t43-,44+,49?,50?. The molecule has 2 amide bonds. The van der Waals surface area contributed by atoms with Crippen molar-refractivity contribution in [3.63, 3.8) is 0 Å². The quantitative estimate of drug-likeness (QED) is 0.0372. The Kier molecular flexibility index (Phi) is 25.7. The van der Waals surface area contributed by atoms with Gasteiger partial charge in [-0.1, -0.05) is 70.7 Å². The minimum Gasteiger partial charge on any atom is -0.380 e. The summed E-state index contributed by atoms with van der Waals surface area (Å²) in [5.41, 5.74) is 6.00. The lowest BCUT2D eigenvalue weighted by atomic mass is 9.85. The molecule has 26 heteroatoms. The second-order valence-electron chi connectivity index (χ2n) is 18.5. The second-order valence-corrected chi connectivity index (χ2v) is 23.7. The molecule has 0 fully saturated rings. The number of nitrogens with zero attached hydrogens (tertiary/aromatic N) is 2. The molecule has 0 bridgehead atoms. The van der Waals surface area contributed by atoms with E-state index in [-0.39, 0.29) is 127 Å². The molecule has 4 aromatic rings. The fourth-order valence-electron chi connectivity index (χ4n) is 8.76. The Balaban J connectivity index is 0.705. The number of benzene rings is 4. The van der Waals surface area contributed by atoms with E-state index in [1.54, 1.807) is 36.4 Å². The Morgan fingerprint density at radius 3 is 1.15 bits per heavy atom. The molecule has 430 valence electrons. The first-order valence-corrected chi connectivity index (χ1v) is 29.7. The molecule has 2 unspecified atom stereocenters. The van der Waals surface area contributed by atoms with Crippen molar-refractivity contribution in [2.75, 3.05) is 133 Å². The lowest BCUT2D eigenvalue weighted by molar-refractivity contribution is -0.146. The number of hydrogen-bond acceptors (Lipinski definition) is 16. The number of nitrogens with one attached hydrogen (secondary N) is 4. The molecule has 0 saturated heterocycles. The van der Waals surface area contributed by atoms with Crippen LogP contribution in [0.2, 0.25) is 20.1 Å². The highest BCUT2D eigenvalue weighted by atomic mass is 35.5. The molecule has 78 heavy (non-hydrogen) atoms. The SMILES string of the molecule is CN1Cc2c(Cl)cc(Cl)cc2[C@@H](c2ccc(S(=O)(=O)NCCOCCOCCOCCNC(=O)C(O)C(O)C(=O)NCCOCCOCCOCCNS(=O)(=O)c3ccc([C@@H]4CN(C)Cc5c(Cl)cc(Cl)cc54)cc3)cc2)C1. The van der Waals surface area contributed by atoms with Gasteiger partial charge in [-0.3, -0.25) is 9.59 Å². The Morgan fingerprint density at radius 1 is 0.513 bits per heavy atom. The summed E-state index contributed by atoms with van der Waals surface area (Å²) in [7, 11) is -3.52. The van der Waals surface area contributed by atoms with E-state index in [0.29, 0.717) is 33.2 Å². The van der Waals surface area contributed by atoms with E-state index in [9.17, 15) is 36.6 Å². The predicted molar refractivity (Wildman–Crippen MR) is 295 cm³/mol. The van der Waals surface area contributed by atoms with Crippen molar-refractivity contribution in [3.05, 3.63) is 126 Å². The van der Waals surface area contributed by atoms with Gasteiger partial charge >= 0.3 is 0 Å². The smallest absolute Gasteiger partial charge is 0.252 e. The maximum absolute atomic E-state index is 12.9. The number of rotatable bonds is 33. The molecular weight excluding hydrogens is 1140 g/mol. The van der Waals surface area contributed by atoms with Crippen LogP contribution in [0, 0.1) is 0 Å². The lowest BCUT2D eigenvalue weighted by Crippen LogP contribution is -2.50. The number of ether oxygens (including phenoxy) is 6.